The number of hydrogen-bond donors (Lipinski definition) is 2. The van der Waals surface area contributed by atoms with Gasteiger partial charge in [-0.05, 0) is 31.7 Å². The molecule has 5 nitrogen and oxygen atoms in total. The highest BCUT2D eigenvalue weighted by molar-refractivity contribution is 5.67. The van der Waals surface area contributed by atoms with Gasteiger partial charge < -0.3 is 20.1 Å². The highest BCUT2D eigenvalue weighted by atomic mass is 16.6. The predicted octanol–water partition coefficient (Wildman–Crippen LogP) is 1.80. The van der Waals surface area contributed by atoms with Crippen LogP contribution in [0.4, 0.5) is 4.79 Å². The third-order valence-corrected chi connectivity index (χ3v) is 3.98. The lowest BCUT2D eigenvalue weighted by molar-refractivity contribution is 0.0928. The van der Waals surface area contributed by atoms with Crippen LogP contribution < -0.4 is 5.32 Å². The van der Waals surface area contributed by atoms with Crippen LogP contribution in [-0.4, -0.2) is 54.5 Å². The topological polar surface area (TPSA) is 61.8 Å². The number of carbonyl (C=O) groups is 1. The number of hydrogen-bond acceptors (Lipinski definition) is 4. The Hall–Kier alpha value is -1.59. The van der Waals surface area contributed by atoms with Crippen LogP contribution >= 0.6 is 0 Å². The van der Waals surface area contributed by atoms with E-state index in [0.717, 1.165) is 18.4 Å². The molecule has 122 valence electrons. The van der Waals surface area contributed by atoms with Gasteiger partial charge in [0.15, 0.2) is 0 Å². The van der Waals surface area contributed by atoms with Crippen LogP contribution in [0.15, 0.2) is 30.3 Å². The lowest BCUT2D eigenvalue weighted by atomic mass is 10.0. The van der Waals surface area contributed by atoms with Crippen molar-refractivity contribution in [2.45, 2.75) is 38.3 Å². The monoisotopic (exact) mass is 306 g/mol. The number of nitrogens with zero attached hydrogens (tertiary/aromatic N) is 1. The summed E-state index contributed by atoms with van der Waals surface area (Å²) in [6, 6.07) is 10.4. The van der Waals surface area contributed by atoms with Crippen molar-refractivity contribution in [2.24, 2.45) is 0 Å². The molecule has 1 aromatic rings. The summed E-state index contributed by atoms with van der Waals surface area (Å²) in [5.74, 6) is 0. The summed E-state index contributed by atoms with van der Waals surface area (Å²) in [4.78, 5) is 13.4. The molecule has 2 N–H and O–H groups in total. The number of ether oxygens (including phenoxy) is 1. The van der Waals surface area contributed by atoms with E-state index in [1.54, 1.807) is 4.90 Å². The average molecular weight is 306 g/mol. The molecule has 2 rings (SSSR count). The maximum absolute atomic E-state index is 11.6. The number of amides is 1. The van der Waals surface area contributed by atoms with E-state index in [1.165, 1.54) is 0 Å². The largest absolute Gasteiger partial charge is 0.450 e. The van der Waals surface area contributed by atoms with Gasteiger partial charge in [-0.25, -0.2) is 4.79 Å². The van der Waals surface area contributed by atoms with Gasteiger partial charge in [0.2, 0.25) is 0 Å². The van der Waals surface area contributed by atoms with Crippen LogP contribution in [-0.2, 0) is 11.2 Å². The van der Waals surface area contributed by atoms with Crippen molar-refractivity contribution in [3.05, 3.63) is 35.9 Å². The first-order valence-electron chi connectivity index (χ1n) is 8.06. The van der Waals surface area contributed by atoms with Crippen LogP contribution in [0.5, 0.6) is 0 Å². The highest BCUT2D eigenvalue weighted by Crippen LogP contribution is 2.12. The molecular weight excluding hydrogens is 280 g/mol. The molecule has 0 aliphatic carbocycles. The van der Waals surface area contributed by atoms with Gasteiger partial charge in [-0.2, -0.15) is 0 Å². The molecule has 1 aliphatic rings. The van der Waals surface area contributed by atoms with E-state index in [1.807, 2.05) is 37.3 Å². The Balaban J connectivity index is 1.65. The summed E-state index contributed by atoms with van der Waals surface area (Å²) < 4.78 is 5.01. The van der Waals surface area contributed by atoms with E-state index in [9.17, 15) is 9.90 Å². The number of rotatable bonds is 6. The maximum atomic E-state index is 11.6. The number of likely N-dealkylation sites (tertiary alicyclic amines) is 1. The Morgan fingerprint density at radius 2 is 2.05 bits per heavy atom. The van der Waals surface area contributed by atoms with Gasteiger partial charge in [0, 0.05) is 25.7 Å². The summed E-state index contributed by atoms with van der Waals surface area (Å²) in [5.41, 5.74) is 1.15. The minimum absolute atomic E-state index is 0.218. The zero-order chi connectivity index (χ0) is 15.8. The van der Waals surface area contributed by atoms with Crippen molar-refractivity contribution in [1.82, 2.24) is 10.2 Å². The molecule has 1 amide bonds. The molecule has 0 bridgehead atoms. The first-order chi connectivity index (χ1) is 10.7. The van der Waals surface area contributed by atoms with Gasteiger partial charge in [0.1, 0.15) is 0 Å². The molecule has 0 spiro atoms. The van der Waals surface area contributed by atoms with E-state index in [2.05, 4.69) is 5.32 Å². The molecule has 1 unspecified atom stereocenters. The number of aliphatic hydroxyl groups excluding tert-OH is 1. The second kappa shape index (κ2) is 8.76. The summed E-state index contributed by atoms with van der Waals surface area (Å²) in [6.07, 6.45) is 1.86. The number of nitrogens with one attached hydrogen (secondary N) is 1. The second-order valence-corrected chi connectivity index (χ2v) is 5.71. The standard InChI is InChI=1S/C17H26N2O3/c1-2-22-17(21)19-10-8-15(9-11-19)18-13-16(20)12-14-6-4-3-5-7-14/h3-7,15-16,18,20H,2,8-13H2,1H3. The molecule has 0 saturated carbocycles. The average Bonchev–Trinajstić information content (AvgIpc) is 2.54. The van der Waals surface area contributed by atoms with Gasteiger partial charge in [0.25, 0.3) is 0 Å². The molecular formula is C17H26N2O3. The number of carbonyl (C=O) groups excluding carboxylic acids is 1. The van der Waals surface area contributed by atoms with Crippen LogP contribution in [0.2, 0.25) is 0 Å². The molecule has 0 radical (unpaired) electrons. The zero-order valence-electron chi connectivity index (χ0n) is 13.2. The van der Waals surface area contributed by atoms with Gasteiger partial charge in [0.05, 0.1) is 12.7 Å². The molecule has 1 aliphatic heterocycles. The number of piperidine rings is 1. The van der Waals surface area contributed by atoms with Crippen molar-refractivity contribution in [3.8, 4) is 0 Å². The van der Waals surface area contributed by atoms with Crippen molar-refractivity contribution in [3.63, 3.8) is 0 Å². The predicted molar refractivity (Wildman–Crippen MR) is 85.8 cm³/mol. The van der Waals surface area contributed by atoms with Crippen molar-refractivity contribution in [2.75, 3.05) is 26.2 Å². The molecule has 1 heterocycles. The van der Waals surface area contributed by atoms with Gasteiger partial charge in [-0.15, -0.1) is 0 Å². The van der Waals surface area contributed by atoms with Crippen LogP contribution in [0.3, 0.4) is 0 Å². The summed E-state index contributed by atoms with van der Waals surface area (Å²) in [5, 5.41) is 13.5. The fourth-order valence-electron chi connectivity index (χ4n) is 2.74. The minimum Gasteiger partial charge on any atom is -0.450 e. The van der Waals surface area contributed by atoms with Crippen molar-refractivity contribution in [1.29, 1.82) is 0 Å². The van der Waals surface area contributed by atoms with E-state index in [0.29, 0.717) is 38.7 Å². The molecule has 0 aromatic heterocycles. The Morgan fingerprint density at radius 1 is 1.36 bits per heavy atom. The normalized spacial score (nSPS) is 17.3. The second-order valence-electron chi connectivity index (χ2n) is 5.71. The lowest BCUT2D eigenvalue weighted by Crippen LogP contribution is -2.46. The van der Waals surface area contributed by atoms with Gasteiger partial charge >= 0.3 is 6.09 Å². The summed E-state index contributed by atoms with van der Waals surface area (Å²) in [6.45, 7) is 4.25. The zero-order valence-corrected chi connectivity index (χ0v) is 13.2. The molecule has 1 saturated heterocycles. The first-order valence-corrected chi connectivity index (χ1v) is 8.06. The Labute approximate surface area is 132 Å². The molecule has 5 heteroatoms. The number of benzene rings is 1. The highest BCUT2D eigenvalue weighted by Gasteiger charge is 2.23. The van der Waals surface area contributed by atoms with Crippen LogP contribution in [0, 0.1) is 0 Å². The molecule has 1 aromatic carbocycles. The van der Waals surface area contributed by atoms with Crippen molar-refractivity contribution >= 4 is 6.09 Å². The maximum Gasteiger partial charge on any atom is 0.409 e. The Bertz CT molecular complexity index is 444. The molecule has 22 heavy (non-hydrogen) atoms. The van der Waals surface area contributed by atoms with Crippen LogP contribution in [0.1, 0.15) is 25.3 Å². The summed E-state index contributed by atoms with van der Waals surface area (Å²) >= 11 is 0. The molecule has 1 fully saturated rings. The Morgan fingerprint density at radius 3 is 2.68 bits per heavy atom. The van der Waals surface area contributed by atoms with E-state index >= 15 is 0 Å². The smallest absolute Gasteiger partial charge is 0.409 e. The Kier molecular flexibility index (Phi) is 6.68. The minimum atomic E-state index is -0.384. The third kappa shape index (κ3) is 5.31. The SMILES string of the molecule is CCOC(=O)N1CCC(NCC(O)Cc2ccccc2)CC1. The van der Waals surface area contributed by atoms with Crippen molar-refractivity contribution < 1.29 is 14.6 Å². The van der Waals surface area contributed by atoms with E-state index < -0.39 is 0 Å². The fraction of sp³-hybridized carbons (Fsp3) is 0.588. The van der Waals surface area contributed by atoms with E-state index in [4.69, 9.17) is 4.74 Å². The quantitative estimate of drug-likeness (QED) is 0.841. The van der Waals surface area contributed by atoms with Gasteiger partial charge in [-0.1, -0.05) is 30.3 Å². The first kappa shape index (κ1) is 16.8. The fourth-order valence-corrected chi connectivity index (χ4v) is 2.74. The lowest BCUT2D eigenvalue weighted by Gasteiger charge is -2.32. The molecule has 1 atom stereocenters. The third-order valence-electron chi connectivity index (χ3n) is 3.98. The van der Waals surface area contributed by atoms with Gasteiger partial charge in [-0.3, -0.25) is 0 Å². The van der Waals surface area contributed by atoms with Crippen LogP contribution in [0.25, 0.3) is 0 Å². The number of aliphatic hydroxyl groups is 1. The van der Waals surface area contributed by atoms with E-state index in [-0.39, 0.29) is 12.2 Å². The summed E-state index contributed by atoms with van der Waals surface area (Å²) in [7, 11) is 0.